The van der Waals surface area contributed by atoms with Gasteiger partial charge in [0.2, 0.25) is 0 Å². The van der Waals surface area contributed by atoms with E-state index in [9.17, 15) is 4.39 Å². The van der Waals surface area contributed by atoms with Gasteiger partial charge in [0.25, 0.3) is 0 Å². The maximum atomic E-state index is 13.0. The Morgan fingerprint density at radius 1 is 1.20 bits per heavy atom. The smallest absolute Gasteiger partial charge is 0.123 e. The number of hydrogen-bond donors (Lipinski definition) is 1. The van der Waals surface area contributed by atoms with Gasteiger partial charge >= 0.3 is 0 Å². The van der Waals surface area contributed by atoms with E-state index >= 15 is 0 Å². The van der Waals surface area contributed by atoms with E-state index in [2.05, 4.69) is 18.7 Å². The fraction of sp³-hybridized carbons (Fsp3) is 0.647. The Kier molecular flexibility index (Phi) is 5.41. The molecule has 0 heterocycles. The zero-order chi connectivity index (χ0) is 14.5. The van der Waals surface area contributed by atoms with Crippen molar-refractivity contribution in [2.24, 2.45) is 17.6 Å². The van der Waals surface area contributed by atoms with Gasteiger partial charge in [-0.3, -0.25) is 0 Å². The van der Waals surface area contributed by atoms with Gasteiger partial charge in [0, 0.05) is 24.8 Å². The van der Waals surface area contributed by atoms with Gasteiger partial charge in [-0.25, -0.2) is 4.39 Å². The second-order valence-electron chi connectivity index (χ2n) is 6.03. The molecule has 0 bridgehead atoms. The summed E-state index contributed by atoms with van der Waals surface area (Å²) in [5, 5.41) is 0. The number of anilines is 1. The van der Waals surface area contributed by atoms with Crippen LogP contribution >= 0.6 is 0 Å². The molecule has 1 aliphatic rings. The summed E-state index contributed by atoms with van der Waals surface area (Å²) in [6, 6.07) is 7.11. The second-order valence-corrected chi connectivity index (χ2v) is 6.03. The molecule has 0 aliphatic heterocycles. The van der Waals surface area contributed by atoms with Crippen LogP contribution in [-0.2, 0) is 0 Å². The summed E-state index contributed by atoms with van der Waals surface area (Å²) < 4.78 is 13.0. The molecule has 112 valence electrons. The first-order valence-corrected chi connectivity index (χ1v) is 7.90. The Hall–Kier alpha value is -1.09. The lowest BCUT2D eigenvalue weighted by Gasteiger charge is -2.37. The number of benzene rings is 1. The normalized spacial score (nSPS) is 26.5. The fourth-order valence-corrected chi connectivity index (χ4v) is 3.32. The minimum absolute atomic E-state index is 0.176. The summed E-state index contributed by atoms with van der Waals surface area (Å²) in [5.41, 5.74) is 7.41. The number of hydrogen-bond acceptors (Lipinski definition) is 2. The number of nitrogens with two attached hydrogens (primary N) is 1. The third-order valence-electron chi connectivity index (χ3n) is 4.76. The van der Waals surface area contributed by atoms with Crippen LogP contribution in [0, 0.1) is 17.7 Å². The summed E-state index contributed by atoms with van der Waals surface area (Å²) in [6.07, 6.45) is 4.90. The lowest BCUT2D eigenvalue weighted by molar-refractivity contribution is 0.230. The molecule has 0 saturated heterocycles. The predicted octanol–water partition coefficient (Wildman–Crippen LogP) is 3.81. The Labute approximate surface area is 122 Å². The largest absolute Gasteiger partial charge is 0.371 e. The van der Waals surface area contributed by atoms with Crippen molar-refractivity contribution in [2.45, 2.75) is 45.6 Å². The van der Waals surface area contributed by atoms with Gasteiger partial charge in [0.1, 0.15) is 5.82 Å². The van der Waals surface area contributed by atoms with E-state index in [1.165, 1.54) is 31.4 Å². The minimum Gasteiger partial charge on any atom is -0.371 e. The molecular formula is C17H27FN2. The predicted molar refractivity (Wildman–Crippen MR) is 83.4 cm³/mol. The minimum atomic E-state index is -0.176. The zero-order valence-electron chi connectivity index (χ0n) is 12.7. The molecule has 1 fully saturated rings. The van der Waals surface area contributed by atoms with Crippen LogP contribution in [0.25, 0.3) is 0 Å². The van der Waals surface area contributed by atoms with Crippen LogP contribution in [0.4, 0.5) is 10.1 Å². The molecule has 1 saturated carbocycles. The van der Waals surface area contributed by atoms with Crippen LogP contribution < -0.4 is 10.6 Å². The molecule has 0 radical (unpaired) electrons. The summed E-state index contributed by atoms with van der Waals surface area (Å²) in [5.74, 6) is 1.20. The lowest BCUT2D eigenvalue weighted by atomic mass is 9.77. The van der Waals surface area contributed by atoms with Gasteiger partial charge in [0.15, 0.2) is 0 Å². The highest BCUT2D eigenvalue weighted by Gasteiger charge is 2.28. The molecule has 20 heavy (non-hydrogen) atoms. The Balaban J connectivity index is 2.03. The highest BCUT2D eigenvalue weighted by Crippen LogP contribution is 2.31. The molecule has 2 nitrogen and oxygen atoms in total. The summed E-state index contributed by atoms with van der Waals surface area (Å²) in [7, 11) is 0. The maximum absolute atomic E-state index is 13.0. The molecule has 2 N–H and O–H groups in total. The number of nitrogens with zero attached hydrogens (tertiary/aromatic N) is 1. The first kappa shape index (κ1) is 15.3. The van der Waals surface area contributed by atoms with Crippen LogP contribution in [0.15, 0.2) is 24.3 Å². The van der Waals surface area contributed by atoms with Crippen LogP contribution in [-0.4, -0.2) is 19.1 Å². The van der Waals surface area contributed by atoms with Gasteiger partial charge in [-0.05, 0) is 62.3 Å². The van der Waals surface area contributed by atoms with E-state index in [-0.39, 0.29) is 5.82 Å². The first-order chi connectivity index (χ1) is 9.63. The van der Waals surface area contributed by atoms with E-state index in [1.54, 1.807) is 0 Å². The van der Waals surface area contributed by atoms with Crippen molar-refractivity contribution in [3.05, 3.63) is 30.1 Å². The number of rotatable bonds is 5. The number of halogens is 1. The molecule has 3 unspecified atom stereocenters. The van der Waals surface area contributed by atoms with Gasteiger partial charge < -0.3 is 10.6 Å². The summed E-state index contributed by atoms with van der Waals surface area (Å²) >= 11 is 0. The molecule has 1 aromatic carbocycles. The standard InChI is InChI=1S/C17H27FN2/c1-3-13-5-10-17(19)14(11-13)12-20(4-2)16-8-6-15(18)7-9-16/h6-9,13-14,17H,3-5,10-12,19H2,1-2H3. The average molecular weight is 278 g/mol. The van der Waals surface area contributed by atoms with Gasteiger partial charge in [-0.15, -0.1) is 0 Å². The fourth-order valence-electron chi connectivity index (χ4n) is 3.32. The van der Waals surface area contributed by atoms with Crippen LogP contribution in [0.3, 0.4) is 0 Å². The van der Waals surface area contributed by atoms with Crippen molar-refractivity contribution in [2.75, 3.05) is 18.0 Å². The van der Waals surface area contributed by atoms with Crippen LogP contribution in [0.2, 0.25) is 0 Å². The van der Waals surface area contributed by atoms with E-state index < -0.39 is 0 Å². The van der Waals surface area contributed by atoms with Gasteiger partial charge in [-0.2, -0.15) is 0 Å². The maximum Gasteiger partial charge on any atom is 0.123 e. The van der Waals surface area contributed by atoms with Crippen molar-refractivity contribution >= 4 is 5.69 Å². The molecule has 3 heteroatoms. The molecule has 2 rings (SSSR count). The topological polar surface area (TPSA) is 29.3 Å². The van der Waals surface area contributed by atoms with Crippen molar-refractivity contribution in [3.8, 4) is 0 Å². The Morgan fingerprint density at radius 3 is 2.50 bits per heavy atom. The molecule has 3 atom stereocenters. The van der Waals surface area contributed by atoms with Gasteiger partial charge in [-0.1, -0.05) is 13.3 Å². The third-order valence-corrected chi connectivity index (χ3v) is 4.76. The van der Waals surface area contributed by atoms with Crippen molar-refractivity contribution < 1.29 is 4.39 Å². The summed E-state index contributed by atoms with van der Waals surface area (Å²) in [6.45, 7) is 6.34. The Morgan fingerprint density at radius 2 is 1.90 bits per heavy atom. The molecule has 1 aromatic rings. The molecule has 0 spiro atoms. The van der Waals surface area contributed by atoms with E-state index in [0.29, 0.717) is 12.0 Å². The molecule has 1 aliphatic carbocycles. The Bertz CT molecular complexity index is 404. The van der Waals surface area contributed by atoms with Gasteiger partial charge in [0.05, 0.1) is 0 Å². The highest BCUT2D eigenvalue weighted by atomic mass is 19.1. The van der Waals surface area contributed by atoms with E-state index in [0.717, 1.165) is 31.1 Å². The van der Waals surface area contributed by atoms with Crippen LogP contribution in [0.1, 0.15) is 39.5 Å². The first-order valence-electron chi connectivity index (χ1n) is 7.90. The third kappa shape index (κ3) is 3.72. The van der Waals surface area contributed by atoms with Crippen molar-refractivity contribution in [1.82, 2.24) is 0 Å². The van der Waals surface area contributed by atoms with Crippen LogP contribution in [0.5, 0.6) is 0 Å². The average Bonchev–Trinajstić information content (AvgIpc) is 2.47. The van der Waals surface area contributed by atoms with E-state index in [4.69, 9.17) is 5.73 Å². The molecule has 0 amide bonds. The van der Waals surface area contributed by atoms with Crippen molar-refractivity contribution in [1.29, 1.82) is 0 Å². The molecular weight excluding hydrogens is 251 g/mol. The summed E-state index contributed by atoms with van der Waals surface area (Å²) in [4.78, 5) is 2.32. The quantitative estimate of drug-likeness (QED) is 0.887. The second kappa shape index (κ2) is 7.07. The zero-order valence-corrected chi connectivity index (χ0v) is 12.7. The SMILES string of the molecule is CCC1CCC(N)C(CN(CC)c2ccc(F)cc2)C1. The van der Waals surface area contributed by atoms with E-state index in [1.807, 2.05) is 12.1 Å². The highest BCUT2D eigenvalue weighted by molar-refractivity contribution is 5.46. The monoisotopic (exact) mass is 278 g/mol. The van der Waals surface area contributed by atoms with Crippen molar-refractivity contribution in [3.63, 3.8) is 0 Å². The molecule has 0 aromatic heterocycles. The lowest BCUT2D eigenvalue weighted by Crippen LogP contribution is -2.43.